The molecule has 3 aromatic rings. The highest BCUT2D eigenvalue weighted by Crippen LogP contribution is 2.38. The number of ether oxygens (including phenoxy) is 1. The van der Waals surface area contributed by atoms with Crippen molar-refractivity contribution >= 4 is 5.95 Å². The third kappa shape index (κ3) is 3.44. The van der Waals surface area contributed by atoms with E-state index in [1.807, 2.05) is 0 Å². The molecule has 0 amide bonds. The molecule has 0 spiro atoms. The van der Waals surface area contributed by atoms with Crippen molar-refractivity contribution < 1.29 is 17.9 Å². The third-order valence-electron chi connectivity index (χ3n) is 3.69. The monoisotopic (exact) mass is 360 g/mol. The molecule has 2 heterocycles. The molecule has 0 saturated heterocycles. The molecule has 0 radical (unpaired) electrons. The quantitative estimate of drug-likeness (QED) is 0.755. The molecular weight excluding hydrogens is 345 g/mol. The zero-order chi connectivity index (χ0) is 18.8. The van der Waals surface area contributed by atoms with Crippen molar-refractivity contribution in [1.82, 2.24) is 15.0 Å². The number of nitrogen functional groups attached to an aromatic ring is 1. The summed E-state index contributed by atoms with van der Waals surface area (Å²) in [5, 5.41) is 0. The van der Waals surface area contributed by atoms with Crippen LogP contribution in [-0.4, -0.2) is 22.1 Å². The number of hydrogen-bond donors (Lipinski definition) is 1. The number of nitrogens with zero attached hydrogens (tertiary/aromatic N) is 3. The van der Waals surface area contributed by atoms with Crippen molar-refractivity contribution in [2.45, 2.75) is 13.3 Å². The van der Waals surface area contributed by atoms with Crippen LogP contribution in [0.15, 0.2) is 36.4 Å². The number of anilines is 1. The Kier molecular flexibility index (Phi) is 4.75. The van der Waals surface area contributed by atoms with Gasteiger partial charge in [-0.1, -0.05) is 0 Å². The molecule has 5 nitrogen and oxygen atoms in total. The van der Waals surface area contributed by atoms with Crippen LogP contribution >= 0.6 is 0 Å². The van der Waals surface area contributed by atoms with Gasteiger partial charge in [-0.15, -0.1) is 0 Å². The predicted octanol–water partition coefficient (Wildman–Crippen LogP) is 4.18. The van der Waals surface area contributed by atoms with Gasteiger partial charge < -0.3 is 10.5 Å². The Morgan fingerprint density at radius 1 is 1.00 bits per heavy atom. The normalized spacial score (nSPS) is 11.0. The Hall–Kier alpha value is -3.16. The molecule has 134 valence electrons. The molecule has 0 aliphatic rings. The minimum Gasteiger partial charge on any atom is -0.480 e. The third-order valence-corrected chi connectivity index (χ3v) is 3.69. The van der Waals surface area contributed by atoms with Crippen LogP contribution < -0.4 is 10.5 Å². The van der Waals surface area contributed by atoms with Gasteiger partial charge in [-0.3, -0.25) is 4.98 Å². The summed E-state index contributed by atoms with van der Waals surface area (Å²) < 4.78 is 44.9. The highest BCUT2D eigenvalue weighted by atomic mass is 19.3. The van der Waals surface area contributed by atoms with Crippen molar-refractivity contribution in [3.05, 3.63) is 53.6 Å². The largest absolute Gasteiger partial charge is 0.480 e. The van der Waals surface area contributed by atoms with Gasteiger partial charge in [-0.2, -0.15) is 4.98 Å². The first kappa shape index (κ1) is 17.7. The maximum atomic E-state index is 13.3. The van der Waals surface area contributed by atoms with E-state index in [2.05, 4.69) is 15.0 Å². The van der Waals surface area contributed by atoms with Crippen molar-refractivity contribution in [3.63, 3.8) is 0 Å². The van der Waals surface area contributed by atoms with Gasteiger partial charge in [0.2, 0.25) is 11.8 Å². The van der Waals surface area contributed by atoms with Crippen molar-refractivity contribution in [2.75, 3.05) is 12.8 Å². The van der Waals surface area contributed by atoms with Crippen LogP contribution in [0.1, 0.15) is 17.8 Å². The van der Waals surface area contributed by atoms with E-state index in [1.54, 1.807) is 13.0 Å². The fourth-order valence-corrected chi connectivity index (χ4v) is 2.63. The van der Waals surface area contributed by atoms with Crippen LogP contribution in [0.3, 0.4) is 0 Å². The maximum absolute atomic E-state index is 13.3. The van der Waals surface area contributed by atoms with Gasteiger partial charge >= 0.3 is 0 Å². The number of aryl methyl sites for hydroxylation is 1. The summed E-state index contributed by atoms with van der Waals surface area (Å²) >= 11 is 0. The molecule has 2 N–H and O–H groups in total. The molecule has 1 aromatic carbocycles. The minimum atomic E-state index is -2.73. The van der Waals surface area contributed by atoms with Crippen molar-refractivity contribution in [1.29, 1.82) is 0 Å². The zero-order valence-corrected chi connectivity index (χ0v) is 14.0. The average molecular weight is 360 g/mol. The van der Waals surface area contributed by atoms with Crippen LogP contribution in [-0.2, 0) is 0 Å². The number of aromatic nitrogens is 3. The molecule has 8 heteroatoms. The average Bonchev–Trinajstić information content (AvgIpc) is 2.60. The van der Waals surface area contributed by atoms with E-state index in [1.165, 1.54) is 37.4 Å². The van der Waals surface area contributed by atoms with Crippen LogP contribution in [0.4, 0.5) is 19.1 Å². The lowest BCUT2D eigenvalue weighted by Gasteiger charge is -2.15. The molecule has 0 fully saturated rings. The molecule has 0 aliphatic heterocycles. The minimum absolute atomic E-state index is 0.0511. The molecule has 0 atom stereocenters. The molecule has 26 heavy (non-hydrogen) atoms. The fraction of sp³-hybridized carbons (Fsp3) is 0.167. The molecule has 0 aliphatic carbocycles. The smallest absolute Gasteiger partial charge is 0.280 e. The number of nitrogens with two attached hydrogens (primary N) is 1. The van der Waals surface area contributed by atoms with Crippen molar-refractivity contribution in [3.8, 4) is 28.3 Å². The van der Waals surface area contributed by atoms with Gasteiger partial charge in [0.05, 0.1) is 18.4 Å². The van der Waals surface area contributed by atoms with E-state index in [4.69, 9.17) is 10.5 Å². The summed E-state index contributed by atoms with van der Waals surface area (Å²) in [4.78, 5) is 12.1. The molecule has 0 bridgehead atoms. The Morgan fingerprint density at radius 3 is 2.31 bits per heavy atom. The van der Waals surface area contributed by atoms with E-state index in [-0.39, 0.29) is 17.5 Å². The lowest BCUT2D eigenvalue weighted by molar-refractivity contribution is 0.146. The van der Waals surface area contributed by atoms with Crippen LogP contribution in [0.25, 0.3) is 22.4 Å². The van der Waals surface area contributed by atoms with E-state index >= 15 is 0 Å². The second-order valence-electron chi connectivity index (χ2n) is 5.54. The van der Waals surface area contributed by atoms with Crippen LogP contribution in [0.5, 0.6) is 5.88 Å². The SMILES string of the molecule is COc1nc(N)nc(-c2ccc(F)cc2)c1-c1cc(C)nc(C(F)F)c1. The van der Waals surface area contributed by atoms with E-state index in [0.717, 1.165) is 0 Å². The Balaban J connectivity index is 2.31. The fourth-order valence-electron chi connectivity index (χ4n) is 2.63. The zero-order valence-electron chi connectivity index (χ0n) is 14.0. The van der Waals surface area contributed by atoms with Crippen LogP contribution in [0.2, 0.25) is 0 Å². The van der Waals surface area contributed by atoms with Gasteiger partial charge in [-0.25, -0.2) is 18.2 Å². The molecule has 3 rings (SSSR count). The highest BCUT2D eigenvalue weighted by Gasteiger charge is 2.20. The van der Waals surface area contributed by atoms with Gasteiger partial charge in [0.1, 0.15) is 11.5 Å². The number of methoxy groups -OCH3 is 1. The number of hydrogen-bond acceptors (Lipinski definition) is 5. The summed E-state index contributed by atoms with van der Waals surface area (Å²) in [5.41, 5.74) is 7.45. The first-order valence-corrected chi connectivity index (χ1v) is 7.63. The Labute approximate surface area is 147 Å². The van der Waals surface area contributed by atoms with Gasteiger partial charge in [0.15, 0.2) is 0 Å². The molecular formula is C18H15F3N4O. The summed E-state index contributed by atoms with van der Waals surface area (Å²) in [6, 6.07) is 8.45. The first-order chi connectivity index (χ1) is 12.4. The second-order valence-corrected chi connectivity index (χ2v) is 5.54. The summed E-state index contributed by atoms with van der Waals surface area (Å²) in [5.74, 6) is -0.337. The Morgan fingerprint density at radius 2 is 1.69 bits per heavy atom. The van der Waals surface area contributed by atoms with Gasteiger partial charge in [-0.05, 0) is 48.9 Å². The molecule has 2 aromatic heterocycles. The predicted molar refractivity (Wildman–Crippen MR) is 91.3 cm³/mol. The lowest BCUT2D eigenvalue weighted by Crippen LogP contribution is -2.04. The number of rotatable bonds is 4. The number of alkyl halides is 2. The van der Waals surface area contributed by atoms with E-state index < -0.39 is 12.2 Å². The van der Waals surface area contributed by atoms with Gasteiger partial charge in [0.25, 0.3) is 6.43 Å². The van der Waals surface area contributed by atoms with Crippen molar-refractivity contribution in [2.24, 2.45) is 0 Å². The summed E-state index contributed by atoms with van der Waals surface area (Å²) in [7, 11) is 1.39. The first-order valence-electron chi connectivity index (χ1n) is 7.63. The lowest BCUT2D eigenvalue weighted by atomic mass is 9.99. The Bertz CT molecular complexity index is 946. The topological polar surface area (TPSA) is 73.9 Å². The van der Waals surface area contributed by atoms with E-state index in [9.17, 15) is 13.2 Å². The van der Waals surface area contributed by atoms with E-state index in [0.29, 0.717) is 28.1 Å². The maximum Gasteiger partial charge on any atom is 0.280 e. The number of benzene rings is 1. The molecule has 0 saturated carbocycles. The standard InChI is InChI=1S/C18H15F3N4O/c1-9-7-11(8-13(23-9)16(20)21)14-15(10-3-5-12(19)6-4-10)24-18(22)25-17(14)26-2/h3-8,16H,1-2H3,(H2,22,24,25). The summed E-state index contributed by atoms with van der Waals surface area (Å²) in [6.45, 7) is 1.61. The molecule has 0 unspecified atom stereocenters. The van der Waals surface area contributed by atoms with Crippen LogP contribution in [0, 0.1) is 12.7 Å². The number of halogens is 3. The van der Waals surface area contributed by atoms with Gasteiger partial charge in [0, 0.05) is 11.3 Å². The second kappa shape index (κ2) is 6.99. The highest BCUT2D eigenvalue weighted by molar-refractivity contribution is 5.85. The number of pyridine rings is 1. The summed E-state index contributed by atoms with van der Waals surface area (Å²) in [6.07, 6.45) is -2.73.